The van der Waals surface area contributed by atoms with Gasteiger partial charge in [0.05, 0.1) is 17.6 Å². The molecule has 0 aliphatic rings. The van der Waals surface area contributed by atoms with E-state index in [4.69, 9.17) is 9.84 Å². The van der Waals surface area contributed by atoms with Gasteiger partial charge in [-0.2, -0.15) is 0 Å². The summed E-state index contributed by atoms with van der Waals surface area (Å²) in [5.74, 6) is -0.255. The Hall–Kier alpha value is -3.46. The number of para-hydroxylation sites is 1. The predicted octanol–water partition coefficient (Wildman–Crippen LogP) is 4.03. The number of hydrogen-bond donors (Lipinski definition) is 3. The first-order chi connectivity index (χ1) is 16.8. The van der Waals surface area contributed by atoms with Gasteiger partial charge in [-0.25, -0.2) is 13.1 Å². The highest BCUT2D eigenvalue weighted by Crippen LogP contribution is 2.20. The number of ether oxygens (including phenoxy) is 1. The van der Waals surface area contributed by atoms with Gasteiger partial charge in [0.2, 0.25) is 10.0 Å². The molecule has 7 nitrogen and oxygen atoms in total. The Labute approximate surface area is 205 Å². The summed E-state index contributed by atoms with van der Waals surface area (Å²) in [4.78, 5) is 11.0. The molecule has 0 saturated heterocycles. The molecule has 0 fully saturated rings. The maximum Gasteiger partial charge on any atom is 0.303 e. The number of rotatable bonds is 13. The van der Waals surface area contributed by atoms with E-state index in [0.717, 1.165) is 16.7 Å². The van der Waals surface area contributed by atoms with Gasteiger partial charge in [-0.15, -0.1) is 0 Å². The van der Waals surface area contributed by atoms with Gasteiger partial charge in [0.25, 0.3) is 0 Å². The van der Waals surface area contributed by atoms with E-state index in [2.05, 4.69) is 4.72 Å². The van der Waals surface area contributed by atoms with E-state index < -0.39 is 22.1 Å². The number of aliphatic hydroxyl groups is 1. The largest absolute Gasteiger partial charge is 0.493 e. The van der Waals surface area contributed by atoms with Crippen molar-refractivity contribution in [3.63, 3.8) is 0 Å². The molecule has 3 aromatic rings. The first-order valence-electron chi connectivity index (χ1n) is 11.3. The van der Waals surface area contributed by atoms with Gasteiger partial charge in [-0.1, -0.05) is 72.8 Å². The Morgan fingerprint density at radius 2 is 1.60 bits per heavy atom. The van der Waals surface area contributed by atoms with E-state index in [0.29, 0.717) is 18.6 Å². The number of carboxylic acids is 1. The highest BCUT2D eigenvalue weighted by molar-refractivity contribution is 7.89. The van der Waals surface area contributed by atoms with Gasteiger partial charge in [-0.3, -0.25) is 4.79 Å². The third-order valence-corrected chi connectivity index (χ3v) is 6.73. The number of aryl methyl sites for hydroxylation is 1. The van der Waals surface area contributed by atoms with Crippen molar-refractivity contribution >= 4 is 22.1 Å². The van der Waals surface area contributed by atoms with Crippen LogP contribution in [0.15, 0.2) is 89.8 Å². The smallest absolute Gasteiger partial charge is 0.303 e. The number of aliphatic hydroxyl groups excluding tert-OH is 1. The molecule has 184 valence electrons. The molecule has 1 atom stereocenters. The fraction of sp³-hybridized carbons (Fsp3) is 0.222. The summed E-state index contributed by atoms with van der Waals surface area (Å²) in [6.45, 7) is 0.373. The summed E-state index contributed by atoms with van der Waals surface area (Å²) in [6.07, 6.45) is 3.37. The summed E-state index contributed by atoms with van der Waals surface area (Å²) in [5.41, 5.74) is 2.38. The maximum absolute atomic E-state index is 12.5. The lowest BCUT2D eigenvalue weighted by Crippen LogP contribution is -2.23. The highest BCUT2D eigenvalue weighted by Gasteiger charge is 2.13. The SMILES string of the molecule is O=C(O)CCc1ccccc1OCC[C@@H](O)/C=C/c1ccccc1CNS(=O)(=O)c1ccccc1. The third kappa shape index (κ3) is 8.36. The average molecular weight is 496 g/mol. The number of sulfonamides is 1. The molecular weight excluding hydrogens is 466 g/mol. The molecule has 0 saturated carbocycles. The zero-order valence-electron chi connectivity index (χ0n) is 19.2. The van der Waals surface area contributed by atoms with Crippen molar-refractivity contribution in [1.82, 2.24) is 4.72 Å². The normalized spacial score (nSPS) is 12.5. The Kier molecular flexibility index (Phi) is 9.60. The van der Waals surface area contributed by atoms with Gasteiger partial charge in [-0.05, 0) is 41.3 Å². The first kappa shape index (κ1) is 26.2. The van der Waals surface area contributed by atoms with E-state index in [9.17, 15) is 18.3 Å². The number of carbonyl (C=O) groups is 1. The molecule has 3 N–H and O–H groups in total. The van der Waals surface area contributed by atoms with Crippen LogP contribution in [-0.2, 0) is 27.8 Å². The molecule has 0 aromatic heterocycles. The quantitative estimate of drug-likeness (QED) is 0.330. The van der Waals surface area contributed by atoms with Crippen molar-refractivity contribution in [1.29, 1.82) is 0 Å². The van der Waals surface area contributed by atoms with E-state index >= 15 is 0 Å². The van der Waals surface area contributed by atoms with Crippen LogP contribution in [0.25, 0.3) is 6.08 Å². The van der Waals surface area contributed by atoms with Crippen LogP contribution in [0.3, 0.4) is 0 Å². The summed E-state index contributed by atoms with van der Waals surface area (Å²) < 4.78 is 33.4. The molecule has 0 radical (unpaired) electrons. The van der Waals surface area contributed by atoms with Gasteiger partial charge in [0, 0.05) is 19.4 Å². The molecule has 0 spiro atoms. The topological polar surface area (TPSA) is 113 Å². The van der Waals surface area contributed by atoms with Gasteiger partial charge in [0.15, 0.2) is 0 Å². The predicted molar refractivity (Wildman–Crippen MR) is 134 cm³/mol. The van der Waals surface area contributed by atoms with Gasteiger partial charge < -0.3 is 14.9 Å². The molecule has 8 heteroatoms. The lowest BCUT2D eigenvalue weighted by molar-refractivity contribution is -0.136. The van der Waals surface area contributed by atoms with E-state index in [1.54, 1.807) is 36.4 Å². The first-order valence-corrected chi connectivity index (χ1v) is 12.7. The minimum atomic E-state index is -3.63. The lowest BCUT2D eigenvalue weighted by atomic mass is 10.1. The standard InChI is InChI=1S/C27H29NO6S/c29-24(18-19-34-26-13-7-6-9-22(26)15-17-27(30)31)16-14-21-8-4-5-10-23(21)20-28-35(32,33)25-11-2-1-3-12-25/h1-14,16,24,28-29H,15,17-20H2,(H,30,31)/b16-14+/t24-/m0/s1. The van der Waals surface area contributed by atoms with Crippen molar-refractivity contribution in [2.24, 2.45) is 0 Å². The molecule has 35 heavy (non-hydrogen) atoms. The molecule has 0 aliphatic carbocycles. The summed E-state index contributed by atoms with van der Waals surface area (Å²) in [6, 6.07) is 22.8. The van der Waals surface area contributed by atoms with E-state index in [1.807, 2.05) is 42.5 Å². The zero-order valence-corrected chi connectivity index (χ0v) is 20.0. The van der Waals surface area contributed by atoms with E-state index in [-0.39, 0.29) is 24.5 Å². The Morgan fingerprint density at radius 1 is 0.943 bits per heavy atom. The highest BCUT2D eigenvalue weighted by atomic mass is 32.2. The second-order valence-electron chi connectivity index (χ2n) is 7.90. The Morgan fingerprint density at radius 3 is 2.34 bits per heavy atom. The minimum Gasteiger partial charge on any atom is -0.493 e. The molecule has 3 rings (SSSR count). The number of carboxylic acid groups (broad SMARTS) is 1. The van der Waals surface area contributed by atoms with Crippen molar-refractivity contribution in [3.05, 3.63) is 102 Å². The average Bonchev–Trinajstić information content (AvgIpc) is 2.86. The lowest BCUT2D eigenvalue weighted by Gasteiger charge is -2.12. The van der Waals surface area contributed by atoms with Gasteiger partial charge in [0.1, 0.15) is 5.75 Å². The number of aliphatic carboxylic acids is 1. The summed E-state index contributed by atoms with van der Waals surface area (Å²) >= 11 is 0. The number of nitrogens with one attached hydrogen (secondary N) is 1. The van der Waals surface area contributed by atoms with Crippen LogP contribution in [0.4, 0.5) is 0 Å². The van der Waals surface area contributed by atoms with Crippen LogP contribution < -0.4 is 9.46 Å². The molecule has 0 aliphatic heterocycles. The van der Waals surface area contributed by atoms with Crippen LogP contribution in [-0.4, -0.2) is 37.3 Å². The number of benzene rings is 3. The van der Waals surface area contributed by atoms with Crippen LogP contribution >= 0.6 is 0 Å². The number of hydrogen-bond acceptors (Lipinski definition) is 5. The van der Waals surface area contributed by atoms with Crippen LogP contribution in [0.2, 0.25) is 0 Å². The molecule has 0 unspecified atom stereocenters. The van der Waals surface area contributed by atoms with Crippen LogP contribution in [0.1, 0.15) is 29.5 Å². The van der Waals surface area contributed by atoms with E-state index in [1.165, 1.54) is 12.1 Å². The molecule has 0 heterocycles. The van der Waals surface area contributed by atoms with Crippen LogP contribution in [0, 0.1) is 0 Å². The summed E-state index contributed by atoms with van der Waals surface area (Å²) in [7, 11) is -3.63. The fourth-order valence-electron chi connectivity index (χ4n) is 3.41. The molecule has 0 amide bonds. The monoisotopic (exact) mass is 495 g/mol. The second-order valence-corrected chi connectivity index (χ2v) is 9.67. The summed E-state index contributed by atoms with van der Waals surface area (Å²) in [5, 5.41) is 19.3. The van der Waals surface area contributed by atoms with Crippen molar-refractivity contribution < 1.29 is 28.2 Å². The Balaban J connectivity index is 1.55. The zero-order chi connectivity index (χ0) is 25.1. The maximum atomic E-state index is 12.5. The molecule has 3 aromatic carbocycles. The third-order valence-electron chi connectivity index (χ3n) is 5.31. The van der Waals surface area contributed by atoms with Crippen molar-refractivity contribution in [2.45, 2.75) is 36.8 Å². The second kappa shape index (κ2) is 12.9. The van der Waals surface area contributed by atoms with Crippen molar-refractivity contribution in [2.75, 3.05) is 6.61 Å². The minimum absolute atomic E-state index is 0.0205. The van der Waals surface area contributed by atoms with Crippen molar-refractivity contribution in [3.8, 4) is 5.75 Å². The Bertz CT molecular complexity index is 1240. The van der Waals surface area contributed by atoms with Gasteiger partial charge >= 0.3 is 5.97 Å². The fourth-order valence-corrected chi connectivity index (χ4v) is 4.43. The van der Waals surface area contributed by atoms with Crippen LogP contribution in [0.5, 0.6) is 5.75 Å². The molecular formula is C27H29NO6S. The molecule has 0 bridgehead atoms.